The fourth-order valence-corrected chi connectivity index (χ4v) is 6.45. The molecule has 2 aromatic heterocycles. The fourth-order valence-electron chi connectivity index (χ4n) is 5.06. The summed E-state index contributed by atoms with van der Waals surface area (Å²) in [4.78, 5) is 18.6. The highest BCUT2D eigenvalue weighted by molar-refractivity contribution is 7.15. The van der Waals surface area contributed by atoms with E-state index in [0.29, 0.717) is 22.9 Å². The van der Waals surface area contributed by atoms with Crippen LogP contribution in [0.4, 0.5) is 0 Å². The molecule has 0 saturated carbocycles. The number of aliphatic hydroxyl groups is 2. The number of amides is 1. The molecule has 38 heavy (non-hydrogen) atoms. The average Bonchev–Trinajstić information content (AvgIpc) is 3.51. The van der Waals surface area contributed by atoms with E-state index in [1.54, 1.807) is 0 Å². The highest BCUT2D eigenvalue weighted by Crippen LogP contribution is 2.45. The Balaban J connectivity index is 1.56. The molecule has 0 radical (unpaired) electrons. The molecule has 3 N–H and O–H groups in total. The molecule has 0 spiro atoms. The minimum atomic E-state index is -0.894. The number of ether oxygens (including phenoxy) is 1. The molecule has 2 heterocycles. The molecule has 0 saturated heterocycles. The first-order valence-corrected chi connectivity index (χ1v) is 14.3. The number of aliphatic hydroxyl groups excluding tert-OH is 2. The number of carbonyl (C=O) groups is 1. The van der Waals surface area contributed by atoms with Gasteiger partial charge in [-0.3, -0.25) is 4.79 Å². The molecule has 0 fully saturated rings. The topological polar surface area (TPSA) is 118 Å². The van der Waals surface area contributed by atoms with Crippen LogP contribution in [0.3, 0.4) is 0 Å². The van der Waals surface area contributed by atoms with Gasteiger partial charge in [0.25, 0.3) is 5.89 Å². The summed E-state index contributed by atoms with van der Waals surface area (Å²) in [6.07, 6.45) is 5.31. The Morgan fingerprint density at radius 3 is 2.79 bits per heavy atom. The largest absolute Gasteiger partial charge is 0.490 e. The van der Waals surface area contributed by atoms with Crippen LogP contribution in [-0.4, -0.2) is 52.1 Å². The lowest BCUT2D eigenvalue weighted by atomic mass is 9.74. The lowest BCUT2D eigenvalue weighted by Gasteiger charge is -2.30. The Bertz CT molecular complexity index is 1280. The Hall–Kier alpha value is -2.75. The second-order valence-electron chi connectivity index (χ2n) is 10.9. The molecule has 1 atom stereocenters. The van der Waals surface area contributed by atoms with Crippen molar-refractivity contribution < 1.29 is 24.3 Å². The minimum absolute atomic E-state index is 0.00745. The predicted octanol–water partition coefficient (Wildman–Crippen LogP) is 4.65. The van der Waals surface area contributed by atoms with E-state index >= 15 is 0 Å². The smallest absolute Gasteiger partial charge is 0.268 e. The van der Waals surface area contributed by atoms with Gasteiger partial charge < -0.3 is 24.8 Å². The van der Waals surface area contributed by atoms with Crippen molar-refractivity contribution in [3.05, 3.63) is 39.3 Å². The SMILES string of the molecule is CCCc1sc(-c2nc(-c3cc(C)c(OC[C@@H](O)CNC(=O)CO)c(CC)c3)no2)c2c1CC(C)(C)CC2. The maximum absolute atomic E-state index is 11.2. The lowest BCUT2D eigenvalue weighted by Crippen LogP contribution is -2.36. The number of carbonyl (C=O) groups excluding carboxylic acids is 1. The molecule has 1 aromatic carbocycles. The van der Waals surface area contributed by atoms with Crippen LogP contribution in [0.15, 0.2) is 16.7 Å². The molecular formula is C29H39N3O5S. The van der Waals surface area contributed by atoms with Crippen molar-refractivity contribution in [2.45, 2.75) is 79.2 Å². The third-order valence-electron chi connectivity index (χ3n) is 7.09. The summed E-state index contributed by atoms with van der Waals surface area (Å²) in [6, 6.07) is 3.98. The first-order chi connectivity index (χ1) is 18.2. The quantitative estimate of drug-likeness (QED) is 0.323. The van der Waals surface area contributed by atoms with Gasteiger partial charge in [0.05, 0.1) is 4.88 Å². The molecule has 4 rings (SSSR count). The fraction of sp³-hybridized carbons (Fsp3) is 0.552. The van der Waals surface area contributed by atoms with Crippen LogP contribution in [0.2, 0.25) is 0 Å². The molecule has 0 aliphatic heterocycles. The first-order valence-electron chi connectivity index (χ1n) is 13.5. The number of aromatic nitrogens is 2. The van der Waals surface area contributed by atoms with Crippen molar-refractivity contribution in [1.82, 2.24) is 15.5 Å². The van der Waals surface area contributed by atoms with Gasteiger partial charge in [-0.25, -0.2) is 0 Å². The third-order valence-corrected chi connectivity index (χ3v) is 8.42. The Labute approximate surface area is 228 Å². The summed E-state index contributed by atoms with van der Waals surface area (Å²) < 4.78 is 11.8. The van der Waals surface area contributed by atoms with Crippen molar-refractivity contribution in [2.24, 2.45) is 5.41 Å². The highest BCUT2D eigenvalue weighted by Gasteiger charge is 2.32. The second kappa shape index (κ2) is 12.0. The standard InChI is InChI=1S/C29H39N3O5S/c1-6-8-23-22-13-29(4,5)10-9-21(22)26(38-23)28-31-27(32-37-28)19-11-17(3)25(18(7-2)12-19)36-16-20(34)14-30-24(35)15-33/h11-12,20,33-34H,6-10,13-16H2,1-5H3,(H,30,35)/t20-/m0/s1. The molecule has 8 nitrogen and oxygen atoms in total. The van der Waals surface area contributed by atoms with Crippen LogP contribution in [-0.2, 0) is 30.5 Å². The van der Waals surface area contributed by atoms with Crippen LogP contribution in [0, 0.1) is 12.3 Å². The van der Waals surface area contributed by atoms with E-state index in [-0.39, 0.29) is 13.2 Å². The zero-order valence-electron chi connectivity index (χ0n) is 23.0. The molecule has 0 unspecified atom stereocenters. The molecule has 206 valence electrons. The lowest BCUT2D eigenvalue weighted by molar-refractivity contribution is -0.124. The number of nitrogens with zero attached hydrogens (tertiary/aromatic N) is 2. The number of nitrogens with one attached hydrogen (secondary N) is 1. The number of hydrogen-bond acceptors (Lipinski definition) is 8. The Morgan fingerprint density at radius 1 is 1.29 bits per heavy atom. The van der Waals surface area contributed by atoms with Crippen molar-refractivity contribution in [3.63, 3.8) is 0 Å². The summed E-state index contributed by atoms with van der Waals surface area (Å²) >= 11 is 1.81. The first kappa shape index (κ1) is 28.3. The van der Waals surface area contributed by atoms with Crippen LogP contribution >= 0.6 is 11.3 Å². The molecule has 0 bridgehead atoms. The maximum atomic E-state index is 11.2. The summed E-state index contributed by atoms with van der Waals surface area (Å²) in [5.41, 5.74) is 5.92. The van der Waals surface area contributed by atoms with Crippen molar-refractivity contribution in [2.75, 3.05) is 19.8 Å². The Kier molecular flexibility index (Phi) is 8.90. The third kappa shape index (κ3) is 6.27. The number of rotatable bonds is 11. The van der Waals surface area contributed by atoms with Gasteiger partial charge in [0, 0.05) is 17.0 Å². The van der Waals surface area contributed by atoms with E-state index in [1.807, 2.05) is 37.3 Å². The zero-order valence-corrected chi connectivity index (χ0v) is 23.8. The van der Waals surface area contributed by atoms with Gasteiger partial charge in [0.1, 0.15) is 25.1 Å². The number of fused-ring (bicyclic) bond motifs is 1. The van der Waals surface area contributed by atoms with Crippen LogP contribution in [0.1, 0.15) is 67.7 Å². The monoisotopic (exact) mass is 541 g/mol. The number of aryl methyl sites for hydroxylation is 3. The molecule has 1 aliphatic carbocycles. The second-order valence-corrected chi connectivity index (χ2v) is 12.0. The van der Waals surface area contributed by atoms with E-state index in [1.165, 1.54) is 16.0 Å². The molecule has 1 amide bonds. The van der Waals surface area contributed by atoms with Gasteiger partial charge in [-0.1, -0.05) is 39.3 Å². The van der Waals surface area contributed by atoms with Crippen molar-refractivity contribution in [1.29, 1.82) is 0 Å². The number of benzene rings is 1. The maximum Gasteiger partial charge on any atom is 0.268 e. The van der Waals surface area contributed by atoms with Crippen LogP contribution in [0.5, 0.6) is 5.75 Å². The van der Waals surface area contributed by atoms with Crippen LogP contribution in [0.25, 0.3) is 22.2 Å². The minimum Gasteiger partial charge on any atom is -0.490 e. The van der Waals surface area contributed by atoms with Crippen LogP contribution < -0.4 is 10.1 Å². The van der Waals surface area contributed by atoms with Gasteiger partial charge in [0.2, 0.25) is 11.7 Å². The average molecular weight is 542 g/mol. The molecular weight excluding hydrogens is 502 g/mol. The zero-order chi connectivity index (χ0) is 27.4. The summed E-state index contributed by atoms with van der Waals surface area (Å²) in [7, 11) is 0. The van der Waals surface area contributed by atoms with Gasteiger partial charge in [0.15, 0.2) is 0 Å². The summed E-state index contributed by atoms with van der Waals surface area (Å²) in [6.45, 7) is 10.3. The normalized spacial score (nSPS) is 15.2. The molecule has 1 aliphatic rings. The van der Waals surface area contributed by atoms with E-state index in [2.05, 4.69) is 31.2 Å². The van der Waals surface area contributed by atoms with Crippen molar-refractivity contribution in [3.8, 4) is 27.9 Å². The molecule has 9 heteroatoms. The van der Waals surface area contributed by atoms with Crippen molar-refractivity contribution >= 4 is 17.2 Å². The van der Waals surface area contributed by atoms with E-state index < -0.39 is 18.6 Å². The van der Waals surface area contributed by atoms with E-state index in [0.717, 1.165) is 60.1 Å². The highest BCUT2D eigenvalue weighted by atomic mass is 32.1. The number of hydrogen-bond donors (Lipinski definition) is 3. The van der Waals surface area contributed by atoms with Gasteiger partial charge >= 0.3 is 0 Å². The predicted molar refractivity (Wildman–Crippen MR) is 149 cm³/mol. The van der Waals surface area contributed by atoms with Gasteiger partial charge in [-0.2, -0.15) is 4.98 Å². The van der Waals surface area contributed by atoms with E-state index in [9.17, 15) is 9.90 Å². The van der Waals surface area contributed by atoms with Gasteiger partial charge in [-0.15, -0.1) is 11.3 Å². The summed E-state index contributed by atoms with van der Waals surface area (Å²) in [5, 5.41) is 25.7. The Morgan fingerprint density at radius 2 is 2.08 bits per heavy atom. The summed E-state index contributed by atoms with van der Waals surface area (Å²) in [5.74, 6) is 1.30. The number of thiophene rings is 1. The van der Waals surface area contributed by atoms with E-state index in [4.69, 9.17) is 19.4 Å². The molecule has 3 aromatic rings. The van der Waals surface area contributed by atoms with Gasteiger partial charge in [-0.05, 0) is 78.8 Å².